The Labute approximate surface area is 171 Å². The van der Waals surface area contributed by atoms with Crippen molar-refractivity contribution in [1.29, 1.82) is 0 Å². The van der Waals surface area contributed by atoms with Crippen LogP contribution in [0, 0.1) is 0 Å². The van der Waals surface area contributed by atoms with Gasteiger partial charge in [-0.15, -0.1) is 0 Å². The number of carbonyl (C=O) groups excluding carboxylic acids is 2. The molecule has 0 fully saturated rings. The highest BCUT2D eigenvalue weighted by Gasteiger charge is 2.30. The lowest BCUT2D eigenvalue weighted by molar-refractivity contribution is 0.0221. The van der Waals surface area contributed by atoms with Gasteiger partial charge in [-0.3, -0.25) is 0 Å². The van der Waals surface area contributed by atoms with Crippen molar-refractivity contribution in [2.24, 2.45) is 0 Å². The molecule has 0 aromatic heterocycles. The van der Waals surface area contributed by atoms with Gasteiger partial charge in [0.05, 0.1) is 11.1 Å². The van der Waals surface area contributed by atoms with Crippen LogP contribution in [-0.2, 0) is 14.9 Å². The molecule has 158 valence electrons. The Morgan fingerprint density at radius 3 is 1.79 bits per heavy atom. The third-order valence-electron chi connectivity index (χ3n) is 4.98. The molecule has 1 aromatic rings. The molecule has 0 aliphatic carbocycles. The average Bonchev–Trinajstić information content (AvgIpc) is 2.65. The van der Waals surface area contributed by atoms with Gasteiger partial charge in [-0.1, -0.05) is 73.4 Å². The fourth-order valence-electron chi connectivity index (χ4n) is 3.33. The van der Waals surface area contributed by atoms with E-state index in [1.165, 1.54) is 0 Å². The van der Waals surface area contributed by atoms with Gasteiger partial charge < -0.3 is 9.47 Å². The highest BCUT2D eigenvalue weighted by atomic mass is 16.5. The van der Waals surface area contributed by atoms with Crippen molar-refractivity contribution >= 4 is 11.9 Å². The zero-order valence-corrected chi connectivity index (χ0v) is 18.8. The van der Waals surface area contributed by atoms with Crippen molar-refractivity contribution in [2.75, 3.05) is 0 Å². The summed E-state index contributed by atoms with van der Waals surface area (Å²) in [5.74, 6) is -0.872. The predicted molar refractivity (Wildman–Crippen MR) is 114 cm³/mol. The van der Waals surface area contributed by atoms with Gasteiger partial charge in [-0.2, -0.15) is 0 Å². The first-order valence-electron chi connectivity index (χ1n) is 10.7. The number of rotatable bonds is 10. The molecule has 0 heterocycles. The molecule has 4 heteroatoms. The normalized spacial score (nSPS) is 13.7. The lowest BCUT2D eigenvalue weighted by Gasteiger charge is -2.25. The van der Waals surface area contributed by atoms with Gasteiger partial charge in [0.15, 0.2) is 0 Å². The highest BCUT2D eigenvalue weighted by Crippen LogP contribution is 2.30. The quantitative estimate of drug-likeness (QED) is 0.430. The van der Waals surface area contributed by atoms with E-state index in [1.807, 2.05) is 46.8 Å². The fourth-order valence-corrected chi connectivity index (χ4v) is 3.33. The summed E-state index contributed by atoms with van der Waals surface area (Å²) in [5.41, 5.74) is 1.16. The SMILES string of the molecule is CCCC(CC)OC(=O)c1cccc(C(C)(C)C)c1C(=O)OC(CC)CCC. The summed E-state index contributed by atoms with van der Waals surface area (Å²) < 4.78 is 11.5. The smallest absolute Gasteiger partial charge is 0.339 e. The molecule has 0 spiro atoms. The molecule has 0 bridgehead atoms. The van der Waals surface area contributed by atoms with Crippen LogP contribution in [0.2, 0.25) is 0 Å². The van der Waals surface area contributed by atoms with Crippen LogP contribution in [0.1, 0.15) is 113 Å². The zero-order chi connectivity index (χ0) is 21.3. The standard InChI is InChI=1S/C24H38O4/c1-8-13-17(10-3)27-22(25)19-15-12-16-20(24(5,6)7)21(19)23(26)28-18(11-4)14-9-2/h12,15-18H,8-11,13-14H2,1-7H3. The maximum absolute atomic E-state index is 13.1. The van der Waals surface area contributed by atoms with Crippen LogP contribution < -0.4 is 0 Å². The minimum absolute atomic E-state index is 0.136. The molecular weight excluding hydrogens is 352 g/mol. The zero-order valence-electron chi connectivity index (χ0n) is 18.8. The van der Waals surface area contributed by atoms with E-state index in [4.69, 9.17) is 9.47 Å². The van der Waals surface area contributed by atoms with E-state index in [9.17, 15) is 9.59 Å². The molecule has 0 aliphatic heterocycles. The molecule has 1 aromatic carbocycles. The maximum Gasteiger partial charge on any atom is 0.339 e. The molecule has 2 atom stereocenters. The first-order chi connectivity index (χ1) is 13.2. The van der Waals surface area contributed by atoms with Crippen LogP contribution in [0.15, 0.2) is 18.2 Å². The van der Waals surface area contributed by atoms with Crippen molar-refractivity contribution in [3.05, 3.63) is 34.9 Å². The number of ether oxygens (including phenoxy) is 2. The highest BCUT2D eigenvalue weighted by molar-refractivity contribution is 6.04. The molecule has 28 heavy (non-hydrogen) atoms. The van der Waals surface area contributed by atoms with Gasteiger partial charge in [0.2, 0.25) is 0 Å². The Kier molecular flexibility index (Phi) is 9.71. The van der Waals surface area contributed by atoms with Gasteiger partial charge in [0.1, 0.15) is 12.2 Å². The Morgan fingerprint density at radius 2 is 1.36 bits per heavy atom. The minimum atomic E-state index is -0.443. The van der Waals surface area contributed by atoms with Crippen molar-refractivity contribution in [1.82, 2.24) is 0 Å². The number of esters is 2. The van der Waals surface area contributed by atoms with Crippen molar-refractivity contribution < 1.29 is 19.1 Å². The van der Waals surface area contributed by atoms with Crippen LogP contribution in [0.5, 0.6) is 0 Å². The fraction of sp³-hybridized carbons (Fsp3) is 0.667. The lowest BCUT2D eigenvalue weighted by Crippen LogP contribution is -2.26. The van der Waals surface area contributed by atoms with E-state index in [2.05, 4.69) is 13.8 Å². The van der Waals surface area contributed by atoms with Gasteiger partial charge in [0.25, 0.3) is 0 Å². The summed E-state index contributed by atoms with van der Waals surface area (Å²) in [7, 11) is 0. The van der Waals surface area contributed by atoms with Crippen LogP contribution >= 0.6 is 0 Å². The first kappa shape index (κ1) is 24.2. The summed E-state index contributed by atoms with van der Waals surface area (Å²) in [6.07, 6.45) is 4.75. The molecule has 0 saturated heterocycles. The van der Waals surface area contributed by atoms with Crippen LogP contribution in [0.3, 0.4) is 0 Å². The van der Waals surface area contributed by atoms with Crippen LogP contribution in [0.25, 0.3) is 0 Å². The first-order valence-corrected chi connectivity index (χ1v) is 10.7. The Balaban J connectivity index is 3.33. The van der Waals surface area contributed by atoms with E-state index in [-0.39, 0.29) is 17.6 Å². The van der Waals surface area contributed by atoms with Crippen molar-refractivity contribution in [2.45, 2.75) is 105 Å². The molecule has 0 saturated carbocycles. The van der Waals surface area contributed by atoms with Gasteiger partial charge in [-0.25, -0.2) is 9.59 Å². The van der Waals surface area contributed by atoms with E-state index in [1.54, 1.807) is 6.07 Å². The maximum atomic E-state index is 13.1. The van der Waals surface area contributed by atoms with E-state index in [0.717, 1.165) is 44.1 Å². The van der Waals surface area contributed by atoms with Crippen LogP contribution in [0.4, 0.5) is 0 Å². The van der Waals surface area contributed by atoms with Crippen LogP contribution in [-0.4, -0.2) is 24.1 Å². The molecule has 4 nitrogen and oxygen atoms in total. The Hall–Kier alpha value is -1.84. The summed E-state index contributed by atoms with van der Waals surface area (Å²) in [5, 5.41) is 0. The summed E-state index contributed by atoms with van der Waals surface area (Å²) >= 11 is 0. The third kappa shape index (κ3) is 6.65. The molecule has 0 radical (unpaired) electrons. The van der Waals surface area contributed by atoms with E-state index >= 15 is 0 Å². The Morgan fingerprint density at radius 1 is 0.857 bits per heavy atom. The van der Waals surface area contributed by atoms with Gasteiger partial charge >= 0.3 is 11.9 Å². The van der Waals surface area contributed by atoms with Gasteiger partial charge in [0, 0.05) is 0 Å². The largest absolute Gasteiger partial charge is 0.459 e. The molecule has 1 rings (SSSR count). The van der Waals surface area contributed by atoms with E-state index < -0.39 is 11.9 Å². The average molecular weight is 391 g/mol. The second kappa shape index (κ2) is 11.2. The monoisotopic (exact) mass is 390 g/mol. The molecule has 0 amide bonds. The predicted octanol–water partition coefficient (Wildman–Crippen LogP) is 6.46. The second-order valence-corrected chi connectivity index (χ2v) is 8.43. The lowest BCUT2D eigenvalue weighted by atomic mass is 9.82. The molecule has 0 N–H and O–H groups in total. The minimum Gasteiger partial charge on any atom is -0.459 e. The number of hydrogen-bond acceptors (Lipinski definition) is 4. The molecule has 2 unspecified atom stereocenters. The molecule has 0 aliphatic rings. The van der Waals surface area contributed by atoms with Crippen molar-refractivity contribution in [3.63, 3.8) is 0 Å². The third-order valence-corrected chi connectivity index (χ3v) is 4.98. The topological polar surface area (TPSA) is 52.6 Å². The summed E-state index contributed by atoms with van der Waals surface area (Å²) in [4.78, 5) is 26.1. The van der Waals surface area contributed by atoms with E-state index in [0.29, 0.717) is 11.1 Å². The number of carbonyl (C=O) groups is 2. The number of hydrogen-bond donors (Lipinski definition) is 0. The van der Waals surface area contributed by atoms with Crippen molar-refractivity contribution in [3.8, 4) is 0 Å². The second-order valence-electron chi connectivity index (χ2n) is 8.43. The molecular formula is C24H38O4. The summed E-state index contributed by atoms with van der Waals surface area (Å²) in [6.45, 7) is 14.2. The Bertz CT molecular complexity index is 642. The van der Waals surface area contributed by atoms with Gasteiger partial charge in [-0.05, 0) is 42.7 Å². The number of benzene rings is 1. The summed E-state index contributed by atoms with van der Waals surface area (Å²) in [6, 6.07) is 5.39.